The van der Waals surface area contributed by atoms with Crippen molar-refractivity contribution >= 4 is 5.97 Å². The van der Waals surface area contributed by atoms with Gasteiger partial charge in [-0.1, -0.05) is 0 Å². The Balaban J connectivity index is 1.99. The summed E-state index contributed by atoms with van der Waals surface area (Å²) >= 11 is 0. The second-order valence-electron chi connectivity index (χ2n) is 5.02. The van der Waals surface area contributed by atoms with Crippen LogP contribution in [0.2, 0.25) is 0 Å². The molecule has 0 amide bonds. The van der Waals surface area contributed by atoms with Gasteiger partial charge in [-0.25, -0.2) is 4.79 Å². The summed E-state index contributed by atoms with van der Waals surface area (Å²) < 4.78 is 14.7. The molecule has 9 heteroatoms. The predicted octanol–water partition coefficient (Wildman–Crippen LogP) is -1.64. The van der Waals surface area contributed by atoms with Crippen LogP contribution >= 0.6 is 0 Å². The van der Waals surface area contributed by atoms with Gasteiger partial charge in [0.15, 0.2) is 17.8 Å². The Morgan fingerprint density at radius 3 is 2.52 bits per heavy atom. The molecule has 2 rings (SSSR count). The van der Waals surface area contributed by atoms with Crippen molar-refractivity contribution < 1.29 is 44.5 Å². The highest BCUT2D eigenvalue weighted by Gasteiger charge is 2.43. The van der Waals surface area contributed by atoms with E-state index in [1.807, 2.05) is 0 Å². The average molecular weight is 330 g/mol. The van der Waals surface area contributed by atoms with Crippen LogP contribution in [0.15, 0.2) is 18.2 Å². The van der Waals surface area contributed by atoms with Gasteiger partial charge >= 0.3 is 5.97 Å². The molecular formula is C14H18O9. The molecule has 1 saturated heterocycles. The van der Waals surface area contributed by atoms with Crippen LogP contribution in [0.4, 0.5) is 0 Å². The Hall–Kier alpha value is -1.91. The van der Waals surface area contributed by atoms with Crippen LogP contribution in [0.1, 0.15) is 10.4 Å². The van der Waals surface area contributed by atoms with Crippen LogP contribution in [0.5, 0.6) is 11.5 Å². The second-order valence-corrected chi connectivity index (χ2v) is 5.02. The van der Waals surface area contributed by atoms with Gasteiger partial charge in [0, 0.05) is 0 Å². The maximum atomic E-state index is 11.9. The topological polar surface area (TPSA) is 146 Å². The van der Waals surface area contributed by atoms with Crippen LogP contribution in [0, 0.1) is 0 Å². The highest BCUT2D eigenvalue weighted by atomic mass is 16.6. The van der Waals surface area contributed by atoms with E-state index < -0.39 is 43.3 Å². The standard InChI is InChI=1S/C14H18O9/c1-21-8-4-6(2-3-7(8)15)13(19)22-5-9-10(16)11(17)12(18)14(20)23-9/h2-4,9-12,14-18,20H,5H2,1H3/t9-,10-,11+,12-,14-/m1/s1. The molecule has 0 saturated carbocycles. The molecule has 0 aromatic heterocycles. The molecular weight excluding hydrogens is 312 g/mol. The Morgan fingerprint density at radius 2 is 1.87 bits per heavy atom. The number of ether oxygens (including phenoxy) is 3. The van der Waals surface area contributed by atoms with E-state index in [0.29, 0.717) is 0 Å². The minimum Gasteiger partial charge on any atom is -0.504 e. The minimum atomic E-state index is -1.70. The maximum Gasteiger partial charge on any atom is 0.338 e. The third-order valence-corrected chi connectivity index (χ3v) is 3.48. The first kappa shape index (κ1) is 17.4. The third-order valence-electron chi connectivity index (χ3n) is 3.48. The maximum absolute atomic E-state index is 11.9. The monoisotopic (exact) mass is 330 g/mol. The number of rotatable bonds is 4. The molecule has 1 aromatic rings. The lowest BCUT2D eigenvalue weighted by Crippen LogP contribution is -2.58. The quantitative estimate of drug-likeness (QED) is 0.410. The first-order valence-corrected chi connectivity index (χ1v) is 6.77. The van der Waals surface area contributed by atoms with Crippen LogP contribution in [0.25, 0.3) is 0 Å². The number of aromatic hydroxyl groups is 1. The fourth-order valence-electron chi connectivity index (χ4n) is 2.11. The number of carbonyl (C=O) groups excluding carboxylic acids is 1. The summed E-state index contributed by atoms with van der Waals surface area (Å²) in [6.07, 6.45) is -7.72. The summed E-state index contributed by atoms with van der Waals surface area (Å²) in [5, 5.41) is 47.5. The molecule has 5 N–H and O–H groups in total. The summed E-state index contributed by atoms with van der Waals surface area (Å²) in [6.45, 7) is -0.454. The van der Waals surface area contributed by atoms with E-state index in [2.05, 4.69) is 0 Å². The average Bonchev–Trinajstić information content (AvgIpc) is 2.55. The van der Waals surface area contributed by atoms with Gasteiger partial charge < -0.3 is 39.7 Å². The first-order valence-electron chi connectivity index (χ1n) is 6.77. The number of aliphatic hydroxyl groups is 4. The van der Waals surface area contributed by atoms with Crippen LogP contribution in [0.3, 0.4) is 0 Å². The lowest BCUT2D eigenvalue weighted by atomic mass is 9.99. The van der Waals surface area contributed by atoms with Gasteiger partial charge in [-0.05, 0) is 18.2 Å². The van der Waals surface area contributed by atoms with Crippen molar-refractivity contribution in [3.8, 4) is 11.5 Å². The summed E-state index contributed by atoms with van der Waals surface area (Å²) in [7, 11) is 1.32. The molecule has 0 spiro atoms. The Morgan fingerprint density at radius 1 is 1.17 bits per heavy atom. The smallest absolute Gasteiger partial charge is 0.338 e. The van der Waals surface area contributed by atoms with Crippen molar-refractivity contribution in [3.63, 3.8) is 0 Å². The van der Waals surface area contributed by atoms with E-state index in [4.69, 9.17) is 14.2 Å². The molecule has 1 aromatic carbocycles. The van der Waals surface area contributed by atoms with E-state index in [1.54, 1.807) is 0 Å². The van der Waals surface area contributed by atoms with Crippen molar-refractivity contribution in [3.05, 3.63) is 23.8 Å². The molecule has 0 bridgehead atoms. The van der Waals surface area contributed by atoms with Gasteiger partial charge in [-0.15, -0.1) is 0 Å². The lowest BCUT2D eigenvalue weighted by molar-refractivity contribution is -0.286. The summed E-state index contributed by atoms with van der Waals surface area (Å²) in [5.74, 6) is -0.841. The number of methoxy groups -OCH3 is 1. The highest BCUT2D eigenvalue weighted by Crippen LogP contribution is 2.27. The number of carbonyl (C=O) groups is 1. The van der Waals surface area contributed by atoms with E-state index >= 15 is 0 Å². The number of hydrogen-bond donors (Lipinski definition) is 5. The summed E-state index contributed by atoms with van der Waals surface area (Å²) in [5.41, 5.74) is 0.0890. The minimum absolute atomic E-state index is 0.0855. The highest BCUT2D eigenvalue weighted by molar-refractivity contribution is 5.90. The fourth-order valence-corrected chi connectivity index (χ4v) is 2.11. The fraction of sp³-hybridized carbons (Fsp3) is 0.500. The van der Waals surface area contributed by atoms with Crippen LogP contribution < -0.4 is 4.74 Å². The zero-order valence-electron chi connectivity index (χ0n) is 12.2. The predicted molar refractivity (Wildman–Crippen MR) is 73.8 cm³/mol. The lowest BCUT2D eigenvalue weighted by Gasteiger charge is -2.37. The number of hydrogen-bond acceptors (Lipinski definition) is 9. The van der Waals surface area contributed by atoms with Crippen molar-refractivity contribution in [2.75, 3.05) is 13.7 Å². The summed E-state index contributed by atoms with van der Waals surface area (Å²) in [4.78, 5) is 11.9. The normalized spacial score (nSPS) is 30.7. The number of benzene rings is 1. The molecule has 0 radical (unpaired) electrons. The van der Waals surface area contributed by atoms with E-state index in [1.165, 1.54) is 25.3 Å². The molecule has 5 atom stereocenters. The largest absolute Gasteiger partial charge is 0.504 e. The van der Waals surface area contributed by atoms with Crippen molar-refractivity contribution in [2.45, 2.75) is 30.7 Å². The SMILES string of the molecule is COc1cc(C(=O)OC[C@H]2O[C@@H](O)[C@H](O)[C@@H](O)[C@@H]2O)ccc1O. The Bertz CT molecular complexity index is 561. The Kier molecular flexibility index (Phi) is 5.39. The molecule has 1 fully saturated rings. The molecule has 1 heterocycles. The molecule has 0 aliphatic carbocycles. The number of phenols is 1. The van der Waals surface area contributed by atoms with Gasteiger partial charge in [-0.2, -0.15) is 0 Å². The van der Waals surface area contributed by atoms with E-state index in [-0.39, 0.29) is 17.1 Å². The summed E-state index contributed by atoms with van der Waals surface area (Å²) in [6, 6.07) is 3.83. The van der Waals surface area contributed by atoms with Gasteiger partial charge in [0.1, 0.15) is 31.0 Å². The first-order chi connectivity index (χ1) is 10.8. The van der Waals surface area contributed by atoms with Crippen molar-refractivity contribution in [1.29, 1.82) is 0 Å². The van der Waals surface area contributed by atoms with Crippen molar-refractivity contribution in [1.82, 2.24) is 0 Å². The molecule has 23 heavy (non-hydrogen) atoms. The van der Waals surface area contributed by atoms with E-state index in [9.17, 15) is 30.3 Å². The molecule has 1 aliphatic rings. The van der Waals surface area contributed by atoms with Crippen LogP contribution in [-0.4, -0.2) is 75.9 Å². The van der Waals surface area contributed by atoms with Gasteiger partial charge in [0.2, 0.25) is 0 Å². The number of esters is 1. The van der Waals surface area contributed by atoms with E-state index in [0.717, 1.165) is 0 Å². The third kappa shape index (κ3) is 3.71. The Labute approximate surface area is 131 Å². The molecule has 128 valence electrons. The van der Waals surface area contributed by atoms with Gasteiger partial charge in [0.25, 0.3) is 0 Å². The second kappa shape index (κ2) is 7.11. The molecule has 0 unspecified atom stereocenters. The molecule has 1 aliphatic heterocycles. The van der Waals surface area contributed by atoms with Crippen molar-refractivity contribution in [2.24, 2.45) is 0 Å². The van der Waals surface area contributed by atoms with Crippen LogP contribution in [-0.2, 0) is 9.47 Å². The van der Waals surface area contributed by atoms with Gasteiger partial charge in [-0.3, -0.25) is 0 Å². The zero-order chi connectivity index (χ0) is 17.1. The number of phenolic OH excluding ortho intramolecular Hbond substituents is 1. The molecule has 9 nitrogen and oxygen atoms in total. The van der Waals surface area contributed by atoms with Gasteiger partial charge in [0.05, 0.1) is 12.7 Å². The number of aliphatic hydroxyl groups excluding tert-OH is 4. The zero-order valence-corrected chi connectivity index (χ0v) is 12.2.